The molecule has 0 bridgehead atoms. The molecule has 0 amide bonds. The lowest BCUT2D eigenvalue weighted by Crippen LogP contribution is -2.40. The molecule has 2 fully saturated rings. The third-order valence-electron chi connectivity index (χ3n) is 6.92. The molecule has 0 atom stereocenters. The summed E-state index contributed by atoms with van der Waals surface area (Å²) in [5.41, 5.74) is 1.81. The molecule has 0 unspecified atom stereocenters. The molecule has 1 aromatic rings. The van der Waals surface area contributed by atoms with Crippen molar-refractivity contribution >= 4 is 12.7 Å². The van der Waals surface area contributed by atoms with Crippen LogP contribution in [0.25, 0.3) is 0 Å². The maximum absolute atomic E-state index is 5.63. The van der Waals surface area contributed by atoms with Crippen LogP contribution in [0.15, 0.2) is 32.4 Å². The van der Waals surface area contributed by atoms with Gasteiger partial charge in [0, 0.05) is 30.7 Å². The van der Waals surface area contributed by atoms with Crippen molar-refractivity contribution in [1.29, 1.82) is 0 Å². The molecule has 202 valence electrons. The molecule has 0 radical (unpaired) electrons. The van der Waals surface area contributed by atoms with Gasteiger partial charge < -0.3 is 31.0 Å². The van der Waals surface area contributed by atoms with E-state index in [0.29, 0.717) is 18.5 Å². The molecule has 1 saturated carbocycles. The number of allylic oxidation sites excluding steroid dienone is 1. The van der Waals surface area contributed by atoms with Crippen LogP contribution in [0.4, 0.5) is 0 Å². The molecule has 1 aliphatic heterocycles. The average molecular weight is 501 g/mol. The maximum atomic E-state index is 5.63. The van der Waals surface area contributed by atoms with Crippen molar-refractivity contribution in [3.05, 3.63) is 29.6 Å². The maximum Gasteiger partial charge on any atom is 0.221 e. The van der Waals surface area contributed by atoms with Gasteiger partial charge in [-0.1, -0.05) is 25.3 Å². The lowest BCUT2D eigenvalue weighted by Gasteiger charge is -2.23. The van der Waals surface area contributed by atoms with E-state index in [1.165, 1.54) is 51.4 Å². The predicted octanol–water partition coefficient (Wildman–Crippen LogP) is 2.90. The lowest BCUT2D eigenvalue weighted by atomic mass is 9.95. The Morgan fingerprint density at radius 2 is 1.86 bits per heavy atom. The Hall–Kier alpha value is -2.07. The topological polar surface area (TPSA) is 111 Å². The highest BCUT2D eigenvalue weighted by molar-refractivity contribution is 5.85. The molecule has 0 aromatic carbocycles. The van der Waals surface area contributed by atoms with Crippen molar-refractivity contribution < 1.29 is 4.42 Å². The molecule has 2 heterocycles. The van der Waals surface area contributed by atoms with Gasteiger partial charge in [-0.2, -0.15) is 0 Å². The summed E-state index contributed by atoms with van der Waals surface area (Å²) in [4.78, 5) is 13.1. The number of aromatic nitrogens is 1. The third-order valence-corrected chi connectivity index (χ3v) is 6.92. The fraction of sp³-hybridized carbons (Fsp3) is 0.741. The van der Waals surface area contributed by atoms with Crippen molar-refractivity contribution in [1.82, 2.24) is 31.6 Å². The zero-order valence-electron chi connectivity index (χ0n) is 22.3. The van der Waals surface area contributed by atoms with Crippen LogP contribution < -0.4 is 26.6 Å². The van der Waals surface area contributed by atoms with Crippen LogP contribution in [0.2, 0.25) is 0 Å². The van der Waals surface area contributed by atoms with Crippen LogP contribution in [0.5, 0.6) is 0 Å². The van der Waals surface area contributed by atoms with Gasteiger partial charge in [0.15, 0.2) is 5.89 Å². The Labute approximate surface area is 217 Å². The summed E-state index contributed by atoms with van der Waals surface area (Å²) >= 11 is 0. The third kappa shape index (κ3) is 11.8. The molecule has 36 heavy (non-hydrogen) atoms. The Bertz CT molecular complexity index is 793. The zero-order chi connectivity index (χ0) is 25.3. The fourth-order valence-corrected chi connectivity index (χ4v) is 4.77. The van der Waals surface area contributed by atoms with Gasteiger partial charge in [-0.15, -0.1) is 0 Å². The first-order valence-electron chi connectivity index (χ1n) is 14.0. The molecule has 9 nitrogen and oxygen atoms in total. The van der Waals surface area contributed by atoms with E-state index in [9.17, 15) is 0 Å². The number of nitrogens with one attached hydrogen (secondary N) is 5. The predicted molar refractivity (Wildman–Crippen MR) is 149 cm³/mol. The number of oxazole rings is 1. The average Bonchev–Trinajstić information content (AvgIpc) is 3.37. The van der Waals surface area contributed by atoms with E-state index >= 15 is 0 Å². The van der Waals surface area contributed by atoms with Gasteiger partial charge in [0.1, 0.15) is 12.0 Å². The highest BCUT2D eigenvalue weighted by atomic mass is 16.3. The Morgan fingerprint density at radius 3 is 2.67 bits per heavy atom. The van der Waals surface area contributed by atoms with Crippen LogP contribution >= 0.6 is 0 Å². The number of hydrogen-bond donors (Lipinski definition) is 5. The number of hydrogen-bond acceptors (Lipinski definition) is 7. The minimum Gasteiger partial charge on any atom is -0.449 e. The Kier molecular flexibility index (Phi) is 13.8. The normalized spacial score (nSPS) is 18.5. The standard InChI is InChI=1S/C27H48N8O/c1-22(11-19-32-24-12-17-30-18-13-24)34-27(28-2)33-20-25-21-36-26(35-25)10-6-14-29-15-7-16-31-23-8-4-3-5-9-23/h11,21,23-24,29-32H,2-10,12-20H2,1H3,(H,33,34)/b22-11-. The number of aryl methyl sites for hydroxylation is 1. The molecule has 3 rings (SSSR count). The molecule has 5 N–H and O–H groups in total. The van der Waals surface area contributed by atoms with E-state index in [-0.39, 0.29) is 0 Å². The molecule has 1 saturated heterocycles. The van der Waals surface area contributed by atoms with Crippen LogP contribution in [-0.4, -0.2) is 69.0 Å². The molecular formula is C27H48N8O. The minimum absolute atomic E-state index is 0.414. The summed E-state index contributed by atoms with van der Waals surface area (Å²) in [6.45, 7) is 12.2. The quantitative estimate of drug-likeness (QED) is 0.143. The van der Waals surface area contributed by atoms with Crippen molar-refractivity contribution in [3.8, 4) is 0 Å². The number of nitrogens with zero attached hydrogens (tertiary/aromatic N) is 3. The molecule has 1 aromatic heterocycles. The Balaban J connectivity index is 1.24. The van der Waals surface area contributed by atoms with E-state index in [0.717, 1.165) is 75.4 Å². The zero-order valence-corrected chi connectivity index (χ0v) is 22.3. The summed E-state index contributed by atoms with van der Waals surface area (Å²) in [7, 11) is 0. The molecule has 1 aliphatic carbocycles. The number of rotatable bonds is 15. The molecule has 2 aliphatic rings. The van der Waals surface area contributed by atoms with Crippen LogP contribution in [0.1, 0.15) is 76.3 Å². The first-order valence-corrected chi connectivity index (χ1v) is 14.0. The van der Waals surface area contributed by atoms with E-state index < -0.39 is 0 Å². The van der Waals surface area contributed by atoms with Gasteiger partial charge in [0.25, 0.3) is 0 Å². The second-order valence-corrected chi connectivity index (χ2v) is 9.97. The fourth-order valence-electron chi connectivity index (χ4n) is 4.77. The van der Waals surface area contributed by atoms with Crippen molar-refractivity contribution in [2.24, 2.45) is 9.98 Å². The summed E-state index contributed by atoms with van der Waals surface area (Å²) in [5.74, 6) is 1.26. The molecule has 9 heteroatoms. The minimum atomic E-state index is 0.414. The van der Waals surface area contributed by atoms with Crippen LogP contribution in [0, 0.1) is 0 Å². The monoisotopic (exact) mass is 500 g/mol. The van der Waals surface area contributed by atoms with E-state index in [1.54, 1.807) is 6.26 Å². The van der Waals surface area contributed by atoms with E-state index in [2.05, 4.69) is 54.3 Å². The summed E-state index contributed by atoms with van der Waals surface area (Å²) < 4.78 is 5.63. The SMILES string of the molecule is C=NC(=NCc1coc(CCCNCCCNC2CCCCC2)n1)N/C(C)=C\CNC1CCNCC1. The van der Waals surface area contributed by atoms with Crippen molar-refractivity contribution in [2.75, 3.05) is 39.3 Å². The van der Waals surface area contributed by atoms with Gasteiger partial charge in [-0.25, -0.2) is 15.0 Å². The number of piperidine rings is 1. The summed E-state index contributed by atoms with van der Waals surface area (Å²) in [6, 6.07) is 1.34. The van der Waals surface area contributed by atoms with Gasteiger partial charge in [0.05, 0.1) is 6.54 Å². The second-order valence-electron chi connectivity index (χ2n) is 9.97. The highest BCUT2D eigenvalue weighted by Crippen LogP contribution is 2.17. The summed E-state index contributed by atoms with van der Waals surface area (Å²) in [5, 5.41) is 17.4. The van der Waals surface area contributed by atoms with Crippen LogP contribution in [0.3, 0.4) is 0 Å². The lowest BCUT2D eigenvalue weighted by molar-refractivity contribution is 0.371. The molecule has 0 spiro atoms. The van der Waals surface area contributed by atoms with Gasteiger partial charge >= 0.3 is 0 Å². The summed E-state index contributed by atoms with van der Waals surface area (Å²) in [6.07, 6.45) is 16.1. The van der Waals surface area contributed by atoms with Gasteiger partial charge in [-0.3, -0.25) is 0 Å². The second kappa shape index (κ2) is 17.4. The largest absolute Gasteiger partial charge is 0.449 e. The molecular weight excluding hydrogens is 452 g/mol. The highest BCUT2D eigenvalue weighted by Gasteiger charge is 2.12. The first kappa shape index (κ1) is 28.5. The van der Waals surface area contributed by atoms with Crippen molar-refractivity contribution in [3.63, 3.8) is 0 Å². The van der Waals surface area contributed by atoms with E-state index in [1.807, 2.05) is 6.92 Å². The van der Waals surface area contributed by atoms with Gasteiger partial charge in [-0.05, 0) is 84.9 Å². The smallest absolute Gasteiger partial charge is 0.221 e. The number of guanidine groups is 1. The number of aliphatic imine (C=N–C) groups is 2. The Morgan fingerprint density at radius 1 is 1.08 bits per heavy atom. The van der Waals surface area contributed by atoms with Gasteiger partial charge in [0.2, 0.25) is 5.96 Å². The van der Waals surface area contributed by atoms with Crippen molar-refractivity contribution in [2.45, 2.75) is 89.8 Å². The first-order chi connectivity index (χ1) is 17.7. The van der Waals surface area contributed by atoms with Crippen LogP contribution in [-0.2, 0) is 13.0 Å². The van der Waals surface area contributed by atoms with E-state index in [4.69, 9.17) is 4.42 Å².